The van der Waals surface area contributed by atoms with E-state index in [0.717, 1.165) is 24.6 Å². The third-order valence-corrected chi connectivity index (χ3v) is 6.31. The highest BCUT2D eigenvalue weighted by Gasteiger charge is 2.32. The normalized spacial score (nSPS) is 13.9. The molecule has 1 amide bonds. The summed E-state index contributed by atoms with van der Waals surface area (Å²) in [5, 5.41) is 4.06. The molecule has 1 saturated carbocycles. The molecule has 1 aromatic carbocycles. The smallest absolute Gasteiger partial charge is 0.360 e. The molecular weight excluding hydrogens is 427 g/mol. The fourth-order valence-electron chi connectivity index (χ4n) is 2.57. The number of alkyl halides is 1. The minimum absolute atomic E-state index is 0.0128. The summed E-state index contributed by atoms with van der Waals surface area (Å²) in [4.78, 5) is 24.8. The number of halogens is 1. The Balaban J connectivity index is 1.93. The van der Waals surface area contributed by atoms with Crippen molar-refractivity contribution in [1.29, 1.82) is 0 Å². The van der Waals surface area contributed by atoms with E-state index in [-0.39, 0.29) is 33.3 Å². The van der Waals surface area contributed by atoms with Crippen LogP contribution in [0.1, 0.15) is 18.9 Å². The van der Waals surface area contributed by atoms with Gasteiger partial charge in [-0.2, -0.15) is 0 Å². The second kappa shape index (κ2) is 8.45. The average molecular weight is 446 g/mol. The van der Waals surface area contributed by atoms with Gasteiger partial charge in [0.05, 0.1) is 20.9 Å². The standard InChI is InChI=1S/C16H19FN4O6S2/c1-26-11-5-6-12(27-2)13(9-11)29(24,25)19-14(22)21-16(23)20(10-3-4-10)15(18-21)28-8-7-17/h5-6,9-10H,3-4,7-8H2,1-2H3,(H,19,22). The SMILES string of the molecule is COc1ccc(OC)c(S(=O)(=O)NC(=O)n2nc(SCCF)n(C3CC3)c2=O)c1. The number of thioether (sulfide) groups is 1. The average Bonchev–Trinajstić information content (AvgIpc) is 3.48. The Morgan fingerprint density at radius 2 is 2.07 bits per heavy atom. The van der Waals surface area contributed by atoms with Gasteiger partial charge in [0.2, 0.25) is 0 Å². The molecule has 1 heterocycles. The van der Waals surface area contributed by atoms with E-state index in [2.05, 4.69) is 5.10 Å². The van der Waals surface area contributed by atoms with Gasteiger partial charge in [0, 0.05) is 17.9 Å². The van der Waals surface area contributed by atoms with E-state index >= 15 is 0 Å². The molecule has 1 aromatic heterocycles. The van der Waals surface area contributed by atoms with Gasteiger partial charge in [-0.3, -0.25) is 8.96 Å². The maximum absolute atomic E-state index is 12.7. The molecule has 2 aromatic rings. The number of carbonyl (C=O) groups excluding carboxylic acids is 1. The molecule has 0 radical (unpaired) electrons. The van der Waals surface area contributed by atoms with Crippen molar-refractivity contribution in [1.82, 2.24) is 19.1 Å². The number of nitrogens with one attached hydrogen (secondary N) is 1. The van der Waals surface area contributed by atoms with E-state index in [4.69, 9.17) is 9.47 Å². The molecule has 158 valence electrons. The Labute approximate surface area is 170 Å². The monoisotopic (exact) mass is 446 g/mol. The van der Waals surface area contributed by atoms with Crippen LogP contribution in [0.3, 0.4) is 0 Å². The summed E-state index contributed by atoms with van der Waals surface area (Å²) in [5.41, 5.74) is -0.779. The summed E-state index contributed by atoms with van der Waals surface area (Å²) in [5.74, 6) is 0.282. The van der Waals surface area contributed by atoms with Crippen molar-refractivity contribution < 1.29 is 27.1 Å². The Bertz CT molecular complexity index is 1080. The molecule has 0 bridgehead atoms. The number of amides is 1. The van der Waals surface area contributed by atoms with Crippen LogP contribution in [0.15, 0.2) is 33.0 Å². The van der Waals surface area contributed by atoms with Crippen LogP contribution in [-0.2, 0) is 10.0 Å². The van der Waals surface area contributed by atoms with E-state index in [1.54, 1.807) is 0 Å². The van der Waals surface area contributed by atoms with E-state index < -0.39 is 28.4 Å². The third-order valence-electron chi connectivity index (χ3n) is 4.07. The van der Waals surface area contributed by atoms with Gasteiger partial charge in [0.25, 0.3) is 10.0 Å². The summed E-state index contributed by atoms with van der Waals surface area (Å²) in [7, 11) is -1.77. The summed E-state index contributed by atoms with van der Waals surface area (Å²) in [6.07, 6.45) is 1.46. The molecule has 1 aliphatic carbocycles. The summed E-state index contributed by atoms with van der Waals surface area (Å²) >= 11 is 0.983. The Hall–Kier alpha value is -2.54. The lowest BCUT2D eigenvalue weighted by Crippen LogP contribution is -2.40. The van der Waals surface area contributed by atoms with Gasteiger partial charge in [-0.15, -0.1) is 9.78 Å². The first-order valence-corrected chi connectivity index (χ1v) is 11.0. The molecule has 1 N–H and O–H groups in total. The summed E-state index contributed by atoms with van der Waals surface area (Å²) < 4.78 is 51.5. The number of sulfonamides is 1. The topological polar surface area (TPSA) is 122 Å². The van der Waals surface area contributed by atoms with Gasteiger partial charge in [-0.25, -0.2) is 22.7 Å². The molecule has 0 saturated heterocycles. The quantitative estimate of drug-likeness (QED) is 0.604. The van der Waals surface area contributed by atoms with Crippen LogP contribution >= 0.6 is 11.8 Å². The number of ether oxygens (including phenoxy) is 2. The van der Waals surface area contributed by atoms with E-state index in [0.29, 0.717) is 4.68 Å². The Morgan fingerprint density at radius 1 is 1.34 bits per heavy atom. The molecule has 0 unspecified atom stereocenters. The van der Waals surface area contributed by atoms with Gasteiger partial charge in [0.15, 0.2) is 5.16 Å². The van der Waals surface area contributed by atoms with Crippen molar-refractivity contribution in [3.05, 3.63) is 28.7 Å². The predicted molar refractivity (Wildman–Crippen MR) is 102 cm³/mol. The zero-order chi connectivity index (χ0) is 21.2. The Morgan fingerprint density at radius 3 is 2.66 bits per heavy atom. The first-order valence-electron chi connectivity index (χ1n) is 8.52. The number of methoxy groups -OCH3 is 2. The zero-order valence-electron chi connectivity index (χ0n) is 15.6. The molecule has 1 fully saturated rings. The second-order valence-electron chi connectivity index (χ2n) is 6.04. The Kier molecular flexibility index (Phi) is 6.17. The molecule has 0 atom stereocenters. The van der Waals surface area contributed by atoms with Crippen molar-refractivity contribution >= 4 is 27.8 Å². The number of rotatable bonds is 8. The highest BCUT2D eigenvalue weighted by atomic mass is 32.2. The lowest BCUT2D eigenvalue weighted by molar-refractivity contribution is 0.243. The van der Waals surface area contributed by atoms with Gasteiger partial charge >= 0.3 is 11.7 Å². The lowest BCUT2D eigenvalue weighted by atomic mass is 10.3. The number of nitrogens with zero attached hydrogens (tertiary/aromatic N) is 3. The van der Waals surface area contributed by atoms with Gasteiger partial charge in [-0.05, 0) is 25.0 Å². The molecule has 13 heteroatoms. The van der Waals surface area contributed by atoms with Crippen molar-refractivity contribution in [3.8, 4) is 11.5 Å². The number of carbonyl (C=O) groups is 1. The minimum Gasteiger partial charge on any atom is -0.497 e. The largest absolute Gasteiger partial charge is 0.497 e. The predicted octanol–water partition coefficient (Wildman–Crippen LogP) is 1.41. The van der Waals surface area contributed by atoms with Crippen molar-refractivity contribution in [2.45, 2.75) is 28.9 Å². The fourth-order valence-corrected chi connectivity index (χ4v) is 4.45. The number of hydrogen-bond acceptors (Lipinski definition) is 8. The number of aromatic nitrogens is 3. The summed E-state index contributed by atoms with van der Waals surface area (Å²) in [6.45, 7) is -0.632. The highest BCUT2D eigenvalue weighted by Crippen LogP contribution is 2.36. The molecule has 0 aliphatic heterocycles. The lowest BCUT2D eigenvalue weighted by Gasteiger charge is -2.11. The van der Waals surface area contributed by atoms with Crippen LogP contribution in [0, 0.1) is 0 Å². The molecule has 1 aliphatic rings. The highest BCUT2D eigenvalue weighted by molar-refractivity contribution is 7.99. The van der Waals surface area contributed by atoms with Crippen LogP contribution in [-0.4, -0.2) is 55.4 Å². The first-order chi connectivity index (χ1) is 13.8. The van der Waals surface area contributed by atoms with Crippen molar-refractivity contribution in [3.63, 3.8) is 0 Å². The second-order valence-corrected chi connectivity index (χ2v) is 8.76. The fraction of sp³-hybridized carbons (Fsp3) is 0.438. The first kappa shape index (κ1) is 21.2. The molecule has 3 rings (SSSR count). The van der Waals surface area contributed by atoms with Crippen LogP contribution in [0.2, 0.25) is 0 Å². The van der Waals surface area contributed by atoms with E-state index in [1.165, 1.54) is 37.0 Å². The maximum atomic E-state index is 12.7. The number of benzene rings is 1. The van der Waals surface area contributed by atoms with Crippen LogP contribution < -0.4 is 19.9 Å². The van der Waals surface area contributed by atoms with Crippen LogP contribution in [0.25, 0.3) is 0 Å². The van der Waals surface area contributed by atoms with Crippen LogP contribution in [0.5, 0.6) is 11.5 Å². The van der Waals surface area contributed by atoms with Gasteiger partial charge in [-0.1, -0.05) is 11.8 Å². The van der Waals surface area contributed by atoms with E-state index in [1.807, 2.05) is 4.72 Å². The minimum atomic E-state index is -4.41. The molecule has 10 nitrogen and oxygen atoms in total. The van der Waals surface area contributed by atoms with Crippen LogP contribution in [0.4, 0.5) is 9.18 Å². The van der Waals surface area contributed by atoms with Crippen molar-refractivity contribution in [2.24, 2.45) is 0 Å². The molecular formula is C16H19FN4O6S2. The summed E-state index contributed by atoms with van der Waals surface area (Å²) in [6, 6.07) is 2.68. The third kappa shape index (κ3) is 4.40. The van der Waals surface area contributed by atoms with Gasteiger partial charge in [0.1, 0.15) is 16.4 Å². The van der Waals surface area contributed by atoms with Gasteiger partial charge < -0.3 is 9.47 Å². The van der Waals surface area contributed by atoms with Crippen molar-refractivity contribution in [2.75, 3.05) is 26.6 Å². The zero-order valence-corrected chi connectivity index (χ0v) is 17.3. The molecule has 29 heavy (non-hydrogen) atoms. The number of hydrogen-bond donors (Lipinski definition) is 1. The van der Waals surface area contributed by atoms with E-state index in [9.17, 15) is 22.4 Å². The molecule has 0 spiro atoms. The maximum Gasteiger partial charge on any atom is 0.360 e.